The summed E-state index contributed by atoms with van der Waals surface area (Å²) >= 11 is 0. The molecule has 0 saturated carbocycles. The van der Waals surface area contributed by atoms with Crippen LogP contribution in [0.25, 0.3) is 0 Å². The normalized spacial score (nSPS) is 20.4. The van der Waals surface area contributed by atoms with Gasteiger partial charge in [-0.1, -0.05) is 18.2 Å². The lowest BCUT2D eigenvalue weighted by atomic mass is 9.97. The van der Waals surface area contributed by atoms with Crippen molar-refractivity contribution in [3.63, 3.8) is 0 Å². The smallest absolute Gasteiger partial charge is 0.338 e. The maximum Gasteiger partial charge on any atom is 0.338 e. The Kier molecular flexibility index (Phi) is 7.20. The van der Waals surface area contributed by atoms with Crippen LogP contribution in [0.3, 0.4) is 0 Å². The van der Waals surface area contributed by atoms with Gasteiger partial charge in [0.1, 0.15) is 5.75 Å². The highest BCUT2D eigenvalue weighted by molar-refractivity contribution is 6.00. The van der Waals surface area contributed by atoms with Crippen LogP contribution in [0.5, 0.6) is 5.75 Å². The first-order valence-corrected chi connectivity index (χ1v) is 12.0. The van der Waals surface area contributed by atoms with E-state index in [-0.39, 0.29) is 30.5 Å². The number of carbonyl (C=O) groups excluding carboxylic acids is 3. The minimum absolute atomic E-state index is 0.0287. The van der Waals surface area contributed by atoms with Crippen molar-refractivity contribution in [2.75, 3.05) is 18.1 Å². The number of benzene rings is 2. The third-order valence-electron chi connectivity index (χ3n) is 6.72. The Hall–Kier alpha value is -3.35. The summed E-state index contributed by atoms with van der Waals surface area (Å²) in [6, 6.07) is 14.6. The Bertz CT molecular complexity index is 1040. The van der Waals surface area contributed by atoms with Gasteiger partial charge in [0.15, 0.2) is 12.7 Å². The van der Waals surface area contributed by atoms with Crippen LogP contribution in [0.1, 0.15) is 56.0 Å². The van der Waals surface area contributed by atoms with Crippen LogP contribution in [0, 0.1) is 0 Å². The molecule has 2 amide bonds. The number of ether oxygens (including phenoxy) is 2. The van der Waals surface area contributed by atoms with Crippen LogP contribution in [-0.2, 0) is 20.7 Å². The number of esters is 1. The van der Waals surface area contributed by atoms with E-state index in [1.807, 2.05) is 29.2 Å². The van der Waals surface area contributed by atoms with Crippen LogP contribution in [0.2, 0.25) is 0 Å². The molecule has 0 aliphatic carbocycles. The van der Waals surface area contributed by atoms with Crippen LogP contribution in [-0.4, -0.2) is 54.0 Å². The molecule has 2 aliphatic rings. The van der Waals surface area contributed by atoms with E-state index in [0.29, 0.717) is 17.9 Å². The number of hydrogen-bond donors (Lipinski definition) is 0. The Morgan fingerprint density at radius 2 is 1.68 bits per heavy atom. The standard InChI is InChI=1S/C27H32N2O5/c1-18-7-6-8-19(2)29(18)25(30)17-33-23-13-11-22(12-14-23)27(32)34-20(3)26(31)28-16-15-21-9-4-5-10-24(21)28/h4-5,9-14,18-20H,6-8,15-17H2,1-3H3. The maximum absolute atomic E-state index is 12.8. The number of piperidine rings is 1. The van der Waals surface area contributed by atoms with Crippen LogP contribution in [0.4, 0.5) is 5.69 Å². The number of rotatable bonds is 6. The molecule has 7 heteroatoms. The van der Waals surface area contributed by atoms with Crippen molar-refractivity contribution in [3.8, 4) is 5.75 Å². The van der Waals surface area contributed by atoms with Gasteiger partial charge in [0.25, 0.3) is 11.8 Å². The van der Waals surface area contributed by atoms with E-state index in [2.05, 4.69) is 13.8 Å². The molecule has 0 radical (unpaired) electrons. The second kappa shape index (κ2) is 10.3. The van der Waals surface area contributed by atoms with Gasteiger partial charge < -0.3 is 19.3 Å². The number of anilines is 1. The zero-order valence-electron chi connectivity index (χ0n) is 20.0. The first-order chi connectivity index (χ1) is 16.3. The van der Waals surface area contributed by atoms with Crippen LogP contribution >= 0.6 is 0 Å². The molecule has 3 atom stereocenters. The van der Waals surface area contributed by atoms with Crippen molar-refractivity contribution >= 4 is 23.5 Å². The Morgan fingerprint density at radius 1 is 1.00 bits per heavy atom. The van der Waals surface area contributed by atoms with E-state index >= 15 is 0 Å². The Labute approximate surface area is 200 Å². The summed E-state index contributed by atoms with van der Waals surface area (Å²) < 4.78 is 11.1. The summed E-state index contributed by atoms with van der Waals surface area (Å²) in [4.78, 5) is 41.6. The molecule has 4 rings (SSSR count). The van der Waals surface area contributed by atoms with E-state index in [9.17, 15) is 14.4 Å². The number of fused-ring (bicyclic) bond motifs is 1. The van der Waals surface area contributed by atoms with E-state index in [1.54, 1.807) is 36.1 Å². The monoisotopic (exact) mass is 464 g/mol. The molecule has 34 heavy (non-hydrogen) atoms. The Balaban J connectivity index is 1.30. The summed E-state index contributed by atoms with van der Waals surface area (Å²) in [5.74, 6) is -0.344. The zero-order valence-corrected chi connectivity index (χ0v) is 20.0. The molecule has 180 valence electrons. The summed E-state index contributed by atoms with van der Waals surface area (Å²) in [5.41, 5.74) is 2.31. The van der Waals surface area contributed by atoms with Crippen molar-refractivity contribution in [3.05, 3.63) is 59.7 Å². The minimum Gasteiger partial charge on any atom is -0.484 e. The highest BCUT2D eigenvalue weighted by Gasteiger charge is 2.30. The number of nitrogens with zero attached hydrogens (tertiary/aromatic N) is 2. The molecule has 1 fully saturated rings. The van der Waals surface area contributed by atoms with Crippen LogP contribution < -0.4 is 9.64 Å². The van der Waals surface area contributed by atoms with Crippen molar-refractivity contribution in [1.82, 2.24) is 4.90 Å². The lowest BCUT2D eigenvalue weighted by Crippen LogP contribution is -2.49. The van der Waals surface area contributed by atoms with E-state index < -0.39 is 12.1 Å². The van der Waals surface area contributed by atoms with Gasteiger partial charge >= 0.3 is 5.97 Å². The fourth-order valence-electron chi connectivity index (χ4n) is 4.89. The fraction of sp³-hybridized carbons (Fsp3) is 0.444. The van der Waals surface area contributed by atoms with Crippen molar-refractivity contribution < 1.29 is 23.9 Å². The number of amides is 2. The third-order valence-corrected chi connectivity index (χ3v) is 6.72. The molecule has 0 aromatic heterocycles. The minimum atomic E-state index is -0.902. The second-order valence-corrected chi connectivity index (χ2v) is 9.16. The van der Waals surface area contributed by atoms with Gasteiger partial charge in [-0.15, -0.1) is 0 Å². The van der Waals surface area contributed by atoms with Gasteiger partial charge in [-0.3, -0.25) is 9.59 Å². The molecule has 2 aromatic rings. The van der Waals surface area contributed by atoms with Crippen molar-refractivity contribution in [1.29, 1.82) is 0 Å². The van der Waals surface area contributed by atoms with Crippen molar-refractivity contribution in [2.24, 2.45) is 0 Å². The van der Waals surface area contributed by atoms with Crippen LogP contribution in [0.15, 0.2) is 48.5 Å². The average molecular weight is 465 g/mol. The van der Waals surface area contributed by atoms with Gasteiger partial charge in [-0.2, -0.15) is 0 Å². The summed E-state index contributed by atoms with van der Waals surface area (Å²) in [6.45, 7) is 6.28. The van der Waals surface area contributed by atoms with E-state index in [0.717, 1.165) is 36.9 Å². The predicted octanol–water partition coefficient (Wildman–Crippen LogP) is 3.99. The third kappa shape index (κ3) is 5.08. The Morgan fingerprint density at radius 3 is 2.38 bits per heavy atom. The average Bonchev–Trinajstić information content (AvgIpc) is 3.26. The summed E-state index contributed by atoms with van der Waals surface area (Å²) in [6.07, 6.45) is 3.05. The molecule has 0 bridgehead atoms. The molecule has 2 heterocycles. The largest absolute Gasteiger partial charge is 0.484 e. The van der Waals surface area contributed by atoms with E-state index in [1.165, 1.54) is 0 Å². The summed E-state index contributed by atoms with van der Waals surface area (Å²) in [7, 11) is 0. The second-order valence-electron chi connectivity index (χ2n) is 9.16. The fourth-order valence-corrected chi connectivity index (χ4v) is 4.89. The van der Waals surface area contributed by atoms with Gasteiger partial charge in [0.05, 0.1) is 5.56 Å². The van der Waals surface area contributed by atoms with Gasteiger partial charge in [0.2, 0.25) is 0 Å². The van der Waals surface area contributed by atoms with Gasteiger partial charge in [-0.25, -0.2) is 4.79 Å². The molecule has 2 aromatic carbocycles. The SMILES string of the molecule is CC(OC(=O)c1ccc(OCC(=O)N2C(C)CCCC2C)cc1)C(=O)N1CCc2ccccc21. The molecular weight excluding hydrogens is 432 g/mol. The zero-order chi connectivity index (χ0) is 24.2. The molecule has 3 unspecified atom stereocenters. The first kappa shape index (κ1) is 23.8. The lowest BCUT2D eigenvalue weighted by molar-refractivity contribution is -0.139. The molecule has 0 N–H and O–H groups in total. The topological polar surface area (TPSA) is 76.1 Å². The maximum atomic E-state index is 12.8. The van der Waals surface area contributed by atoms with E-state index in [4.69, 9.17) is 9.47 Å². The highest BCUT2D eigenvalue weighted by atomic mass is 16.5. The highest BCUT2D eigenvalue weighted by Crippen LogP contribution is 2.28. The quantitative estimate of drug-likeness (QED) is 0.605. The van der Waals surface area contributed by atoms with Crippen molar-refractivity contribution in [2.45, 2.75) is 64.6 Å². The van der Waals surface area contributed by atoms with Gasteiger partial charge in [0, 0.05) is 24.3 Å². The number of hydrogen-bond acceptors (Lipinski definition) is 5. The molecule has 1 saturated heterocycles. The number of para-hydroxylation sites is 1. The molecular formula is C27H32N2O5. The predicted molar refractivity (Wildman–Crippen MR) is 129 cm³/mol. The first-order valence-electron chi connectivity index (χ1n) is 12.0. The molecule has 7 nitrogen and oxygen atoms in total. The number of likely N-dealkylation sites (tertiary alicyclic amines) is 1. The molecule has 0 spiro atoms. The molecule has 2 aliphatic heterocycles. The number of carbonyl (C=O) groups is 3. The van der Waals surface area contributed by atoms with Gasteiger partial charge in [-0.05, 0) is 82.3 Å². The lowest BCUT2D eigenvalue weighted by Gasteiger charge is -2.38. The summed E-state index contributed by atoms with van der Waals surface area (Å²) in [5, 5.41) is 0.